The fourth-order valence-corrected chi connectivity index (χ4v) is 3.71. The van der Waals surface area contributed by atoms with E-state index in [1.165, 1.54) is 12.3 Å². The second kappa shape index (κ2) is 10.6. The van der Waals surface area contributed by atoms with Crippen molar-refractivity contribution in [3.63, 3.8) is 0 Å². The summed E-state index contributed by atoms with van der Waals surface area (Å²) in [5.41, 5.74) is 1.39. The van der Waals surface area contributed by atoms with Crippen LogP contribution in [0.25, 0.3) is 0 Å². The number of aliphatic imine (C=N–C) groups is 1. The van der Waals surface area contributed by atoms with Crippen LogP contribution in [0.5, 0.6) is 0 Å². The minimum Gasteiger partial charge on any atom is -0.273 e. The minimum absolute atomic E-state index is 0.184. The third kappa shape index (κ3) is 5.51. The largest absolute Gasteiger partial charge is 0.333 e. The van der Waals surface area contributed by atoms with Crippen molar-refractivity contribution in [1.29, 1.82) is 0 Å². The van der Waals surface area contributed by atoms with Gasteiger partial charge >= 0.3 is 6.03 Å². The van der Waals surface area contributed by atoms with Crippen molar-refractivity contribution >= 4 is 52.9 Å². The molecular formula is C23H23Cl2N3O3. The van der Waals surface area contributed by atoms with Crippen molar-refractivity contribution in [2.24, 2.45) is 10.9 Å². The number of urea groups is 1. The Morgan fingerprint density at radius 2 is 1.65 bits per heavy atom. The Bertz CT molecular complexity index is 995. The molecule has 0 bridgehead atoms. The first-order valence-corrected chi connectivity index (χ1v) is 10.9. The van der Waals surface area contributed by atoms with E-state index in [9.17, 15) is 14.4 Å². The number of halogens is 2. The van der Waals surface area contributed by atoms with Gasteiger partial charge in [-0.2, -0.15) is 0 Å². The number of carbonyl (C=O) groups is 3. The van der Waals surface area contributed by atoms with Gasteiger partial charge in [0.2, 0.25) is 11.8 Å². The van der Waals surface area contributed by atoms with Crippen LogP contribution in [0.1, 0.15) is 25.3 Å². The molecule has 1 aliphatic heterocycles. The summed E-state index contributed by atoms with van der Waals surface area (Å²) in [6.07, 6.45) is 3.24. The van der Waals surface area contributed by atoms with Gasteiger partial charge in [-0.3, -0.25) is 24.4 Å². The predicted octanol–water partition coefficient (Wildman–Crippen LogP) is 5.15. The fraction of sp³-hybridized carbons (Fsp3) is 0.304. The summed E-state index contributed by atoms with van der Waals surface area (Å²) < 4.78 is 0. The van der Waals surface area contributed by atoms with E-state index in [4.69, 9.17) is 23.2 Å². The molecule has 31 heavy (non-hydrogen) atoms. The van der Waals surface area contributed by atoms with Crippen LogP contribution in [-0.4, -0.2) is 46.9 Å². The van der Waals surface area contributed by atoms with Crippen LogP contribution < -0.4 is 0 Å². The SMILES string of the molecule is CCCCN1C(=O)C(C=Nc2ccc(Cl)cc2Cl)C(=O)N(CCc2ccccc2)C1=O. The molecule has 0 aliphatic carbocycles. The van der Waals surface area contributed by atoms with Gasteiger partial charge in [0, 0.05) is 24.3 Å². The van der Waals surface area contributed by atoms with Gasteiger partial charge in [-0.15, -0.1) is 0 Å². The van der Waals surface area contributed by atoms with E-state index in [1.54, 1.807) is 12.1 Å². The second-order valence-electron chi connectivity index (χ2n) is 7.20. The summed E-state index contributed by atoms with van der Waals surface area (Å²) in [7, 11) is 0. The lowest BCUT2D eigenvalue weighted by atomic mass is 10.0. The average Bonchev–Trinajstić information content (AvgIpc) is 2.75. The molecule has 2 aromatic carbocycles. The van der Waals surface area contributed by atoms with Crippen LogP contribution in [-0.2, 0) is 16.0 Å². The number of unbranched alkanes of at least 4 members (excludes halogenated alkanes) is 1. The topological polar surface area (TPSA) is 70.1 Å². The highest BCUT2D eigenvalue weighted by molar-refractivity contribution is 6.36. The highest BCUT2D eigenvalue weighted by Crippen LogP contribution is 2.28. The molecule has 0 spiro atoms. The van der Waals surface area contributed by atoms with E-state index in [0.29, 0.717) is 28.6 Å². The van der Waals surface area contributed by atoms with Crippen molar-refractivity contribution in [2.45, 2.75) is 26.2 Å². The van der Waals surface area contributed by atoms with E-state index in [-0.39, 0.29) is 13.1 Å². The first kappa shape index (κ1) is 23.0. The normalized spacial score (nSPS) is 17.1. The zero-order valence-corrected chi connectivity index (χ0v) is 18.6. The molecule has 6 nitrogen and oxygen atoms in total. The first-order chi connectivity index (χ1) is 14.9. The van der Waals surface area contributed by atoms with Crippen molar-refractivity contribution in [1.82, 2.24) is 9.80 Å². The summed E-state index contributed by atoms with van der Waals surface area (Å²) >= 11 is 12.0. The van der Waals surface area contributed by atoms with Crippen molar-refractivity contribution < 1.29 is 14.4 Å². The van der Waals surface area contributed by atoms with Crippen LogP contribution >= 0.6 is 23.2 Å². The van der Waals surface area contributed by atoms with Crippen molar-refractivity contribution in [3.05, 3.63) is 64.1 Å². The highest BCUT2D eigenvalue weighted by atomic mass is 35.5. The number of amides is 4. The van der Waals surface area contributed by atoms with E-state index in [0.717, 1.165) is 21.8 Å². The molecule has 1 saturated heterocycles. The number of carbonyl (C=O) groups excluding carboxylic acids is 3. The maximum atomic E-state index is 13.1. The maximum absolute atomic E-state index is 13.1. The van der Waals surface area contributed by atoms with E-state index < -0.39 is 23.8 Å². The Balaban J connectivity index is 1.85. The zero-order chi connectivity index (χ0) is 22.4. The van der Waals surface area contributed by atoms with Crippen LogP contribution in [0, 0.1) is 5.92 Å². The molecule has 3 rings (SSSR count). The van der Waals surface area contributed by atoms with Crippen LogP contribution in [0.15, 0.2) is 53.5 Å². The molecule has 1 aliphatic rings. The highest BCUT2D eigenvalue weighted by Gasteiger charge is 2.44. The molecule has 0 saturated carbocycles. The van der Waals surface area contributed by atoms with Gasteiger partial charge in [-0.05, 0) is 36.6 Å². The first-order valence-electron chi connectivity index (χ1n) is 10.1. The predicted molar refractivity (Wildman–Crippen MR) is 122 cm³/mol. The van der Waals surface area contributed by atoms with Gasteiger partial charge in [-0.25, -0.2) is 4.79 Å². The molecule has 0 radical (unpaired) electrons. The van der Waals surface area contributed by atoms with Gasteiger partial charge < -0.3 is 0 Å². The van der Waals surface area contributed by atoms with Crippen molar-refractivity contribution in [2.75, 3.05) is 13.1 Å². The quantitative estimate of drug-likeness (QED) is 0.404. The molecular weight excluding hydrogens is 437 g/mol. The summed E-state index contributed by atoms with van der Waals surface area (Å²) in [6, 6.07) is 13.7. The lowest BCUT2D eigenvalue weighted by Gasteiger charge is -2.35. The lowest BCUT2D eigenvalue weighted by molar-refractivity contribution is -0.145. The summed E-state index contributed by atoms with van der Waals surface area (Å²) in [5, 5.41) is 0.761. The molecule has 1 unspecified atom stereocenters. The standard InChI is InChI=1S/C23H23Cl2N3O3/c1-2-3-12-27-21(29)18(15-26-20-10-9-17(24)14-19(20)25)22(30)28(23(27)31)13-11-16-7-5-4-6-8-16/h4-10,14-15,18H,2-3,11-13H2,1H3. The lowest BCUT2D eigenvalue weighted by Crippen LogP contribution is -2.60. The zero-order valence-electron chi connectivity index (χ0n) is 17.1. The number of nitrogens with zero attached hydrogens (tertiary/aromatic N) is 3. The Morgan fingerprint density at radius 3 is 2.29 bits per heavy atom. The van der Waals surface area contributed by atoms with E-state index >= 15 is 0 Å². The Kier molecular flexibility index (Phi) is 7.82. The van der Waals surface area contributed by atoms with Gasteiger partial charge in [0.1, 0.15) is 0 Å². The smallest absolute Gasteiger partial charge is 0.273 e. The number of hydrogen-bond donors (Lipinski definition) is 0. The number of imide groups is 2. The van der Waals surface area contributed by atoms with Gasteiger partial charge in [0.05, 0.1) is 10.7 Å². The summed E-state index contributed by atoms with van der Waals surface area (Å²) in [4.78, 5) is 45.5. The van der Waals surface area contributed by atoms with Gasteiger partial charge in [-0.1, -0.05) is 66.9 Å². The molecule has 1 heterocycles. The van der Waals surface area contributed by atoms with Crippen LogP contribution in [0.2, 0.25) is 10.0 Å². The number of barbiturate groups is 1. The molecule has 4 amide bonds. The Morgan fingerprint density at radius 1 is 0.968 bits per heavy atom. The minimum atomic E-state index is -1.18. The van der Waals surface area contributed by atoms with Crippen LogP contribution in [0.3, 0.4) is 0 Å². The monoisotopic (exact) mass is 459 g/mol. The van der Waals surface area contributed by atoms with Crippen molar-refractivity contribution in [3.8, 4) is 0 Å². The molecule has 1 fully saturated rings. The molecule has 8 heteroatoms. The van der Waals surface area contributed by atoms with Gasteiger partial charge in [0.15, 0.2) is 5.92 Å². The second-order valence-corrected chi connectivity index (χ2v) is 8.05. The van der Waals surface area contributed by atoms with E-state index in [1.807, 2.05) is 37.3 Å². The van der Waals surface area contributed by atoms with Crippen LogP contribution in [0.4, 0.5) is 10.5 Å². The molecule has 0 N–H and O–H groups in total. The Hall–Kier alpha value is -2.70. The third-order valence-corrected chi connectivity index (χ3v) is 5.54. The molecule has 2 aromatic rings. The molecule has 0 aromatic heterocycles. The number of benzene rings is 2. The van der Waals surface area contributed by atoms with Gasteiger partial charge in [0.25, 0.3) is 0 Å². The fourth-order valence-electron chi connectivity index (χ4n) is 3.26. The Labute approximate surface area is 191 Å². The maximum Gasteiger partial charge on any atom is 0.333 e. The van der Waals surface area contributed by atoms with E-state index in [2.05, 4.69) is 4.99 Å². The number of hydrogen-bond acceptors (Lipinski definition) is 4. The average molecular weight is 460 g/mol. The summed E-state index contributed by atoms with van der Waals surface area (Å²) in [5.74, 6) is -2.32. The number of rotatable bonds is 8. The molecule has 162 valence electrons. The summed E-state index contributed by atoms with van der Waals surface area (Å²) in [6.45, 7) is 2.41. The molecule has 1 atom stereocenters. The third-order valence-electron chi connectivity index (χ3n) is 5.00.